The van der Waals surface area contributed by atoms with Crippen molar-refractivity contribution in [2.24, 2.45) is 0 Å². The van der Waals surface area contributed by atoms with Crippen molar-refractivity contribution in [3.63, 3.8) is 0 Å². The Morgan fingerprint density at radius 2 is 0.946 bits per heavy atom. The van der Waals surface area contributed by atoms with Gasteiger partial charge in [0.05, 0.1) is 55.4 Å². The van der Waals surface area contributed by atoms with E-state index >= 15 is 0 Å². The molecular weight excluding hydrogens is 842 g/mol. The van der Waals surface area contributed by atoms with Crippen molar-refractivity contribution >= 4 is 99.0 Å². The first-order chi connectivity index (χ1) is 26.8. The number of nitro benzene ring substituents is 1. The lowest BCUT2D eigenvalue weighted by Crippen LogP contribution is -2.21. The Morgan fingerprint density at radius 3 is 1.43 bits per heavy atom. The third-order valence-corrected chi connectivity index (χ3v) is 13.4. The largest absolute Gasteiger partial charge is 0.486 e. The second-order valence-electron chi connectivity index (χ2n) is 12.4. The van der Waals surface area contributed by atoms with Crippen LogP contribution in [0.25, 0.3) is 21.5 Å². The Kier molecular flexibility index (Phi) is 14.7. The zero-order valence-corrected chi connectivity index (χ0v) is 34.2. The number of nitrogen functional groups attached to an aromatic ring is 1. The van der Waals surface area contributed by atoms with E-state index in [1.807, 2.05) is 42.5 Å². The Morgan fingerprint density at radius 1 is 0.554 bits per heavy atom. The summed E-state index contributed by atoms with van der Waals surface area (Å²) in [5.74, 6) is 0.0532. The first-order valence-corrected chi connectivity index (χ1v) is 22.4. The maximum atomic E-state index is 13.1. The zero-order chi connectivity index (χ0) is 40.5. The number of ether oxygens (including phenoxy) is 2. The number of benzene rings is 6. The lowest BCUT2D eigenvalue weighted by Gasteiger charge is -2.17. The minimum Gasteiger partial charge on any atom is -0.486 e. The molecule has 6 rings (SSSR count). The Hall–Kier alpha value is -4.30. The highest BCUT2D eigenvalue weighted by Gasteiger charge is 2.28. The van der Waals surface area contributed by atoms with Gasteiger partial charge in [0.15, 0.2) is 25.4 Å². The van der Waals surface area contributed by atoms with E-state index in [4.69, 9.17) is 61.6 Å². The van der Waals surface area contributed by atoms with Gasteiger partial charge in [-0.1, -0.05) is 97.1 Å². The summed E-state index contributed by atoms with van der Waals surface area (Å²) in [6.45, 7) is 0. The van der Waals surface area contributed by atoms with Gasteiger partial charge in [0.25, 0.3) is 0 Å². The highest BCUT2D eigenvalue weighted by atomic mass is 35.5. The average molecular weight is 879 g/mol. The predicted octanol–water partition coefficient (Wildman–Crippen LogP) is 9.57. The van der Waals surface area contributed by atoms with Crippen LogP contribution in [0.5, 0.6) is 11.5 Å². The van der Waals surface area contributed by atoms with Crippen LogP contribution >= 0.6 is 46.4 Å². The predicted molar refractivity (Wildman–Crippen MR) is 225 cm³/mol. The molecule has 294 valence electrons. The minimum atomic E-state index is -3.86. The normalized spacial score (nSPS) is 11.8. The number of alkyl halides is 4. The molecule has 0 heterocycles. The molecule has 0 fully saturated rings. The second kappa shape index (κ2) is 19.2. The van der Waals surface area contributed by atoms with Gasteiger partial charge < -0.3 is 15.2 Å². The molecule has 0 spiro atoms. The van der Waals surface area contributed by atoms with E-state index in [1.54, 1.807) is 54.6 Å². The summed E-state index contributed by atoms with van der Waals surface area (Å²) in [6, 6.07) is 34.0. The fraction of sp³-hybridized carbons (Fsp3) is 0.200. The summed E-state index contributed by atoms with van der Waals surface area (Å²) in [5, 5.41) is 14.6. The molecular formula is C40H36Cl4N2O8S2. The maximum absolute atomic E-state index is 13.1. The van der Waals surface area contributed by atoms with Crippen molar-refractivity contribution in [3.05, 3.63) is 143 Å². The molecule has 56 heavy (non-hydrogen) atoms. The maximum Gasteiger partial charge on any atom is 0.315 e. The molecule has 0 aliphatic carbocycles. The number of halogens is 4. The van der Waals surface area contributed by atoms with Crippen molar-refractivity contribution in [3.8, 4) is 11.5 Å². The highest BCUT2D eigenvalue weighted by Crippen LogP contribution is 2.36. The Bertz CT molecular complexity index is 2540. The SMILES string of the molecule is Nc1c(CS(=O)(=O)c2cccc3ccccc23)cccc1OC(CCl)CCl.O=[N+]([O-])c1c(CS(=O)(=O)c2cccc3ccccc23)cccc1OC(CCl)CCl. The molecule has 0 radical (unpaired) electrons. The number of hydrogen-bond donors (Lipinski definition) is 1. The van der Waals surface area contributed by atoms with Crippen LogP contribution in [0, 0.1) is 10.1 Å². The fourth-order valence-electron chi connectivity index (χ4n) is 5.87. The summed E-state index contributed by atoms with van der Waals surface area (Å²) in [4.78, 5) is 11.5. The smallest absolute Gasteiger partial charge is 0.315 e. The van der Waals surface area contributed by atoms with Gasteiger partial charge in [-0.15, -0.1) is 46.4 Å². The summed E-state index contributed by atoms with van der Waals surface area (Å²) >= 11 is 23.1. The number of anilines is 1. The quantitative estimate of drug-likeness (QED) is 0.0460. The molecule has 0 unspecified atom stereocenters. The van der Waals surface area contributed by atoms with Gasteiger partial charge in [-0.05, 0) is 40.6 Å². The first kappa shape index (κ1) is 42.8. The lowest BCUT2D eigenvalue weighted by molar-refractivity contribution is -0.386. The third-order valence-electron chi connectivity index (χ3n) is 8.56. The summed E-state index contributed by atoms with van der Waals surface area (Å²) in [6.07, 6.45) is -1.04. The lowest BCUT2D eigenvalue weighted by atomic mass is 10.1. The van der Waals surface area contributed by atoms with Crippen LogP contribution < -0.4 is 15.2 Å². The first-order valence-electron chi connectivity index (χ1n) is 16.9. The number of sulfone groups is 2. The van der Waals surface area contributed by atoms with Crippen molar-refractivity contribution in [2.75, 3.05) is 29.3 Å². The molecule has 0 saturated carbocycles. The summed E-state index contributed by atoms with van der Waals surface area (Å²) < 4.78 is 63.6. The number of rotatable bonds is 15. The molecule has 6 aromatic rings. The van der Waals surface area contributed by atoms with Crippen molar-refractivity contribution in [1.82, 2.24) is 0 Å². The van der Waals surface area contributed by atoms with Gasteiger partial charge >= 0.3 is 5.69 Å². The number of nitrogens with zero attached hydrogens (tertiary/aromatic N) is 1. The van der Waals surface area contributed by atoms with E-state index in [0.29, 0.717) is 22.1 Å². The van der Waals surface area contributed by atoms with Crippen LogP contribution in [0.4, 0.5) is 11.4 Å². The van der Waals surface area contributed by atoms with Crippen LogP contribution in [0.1, 0.15) is 11.1 Å². The number of hydrogen-bond acceptors (Lipinski definition) is 9. The molecule has 16 heteroatoms. The Balaban J connectivity index is 0.000000215. The van der Waals surface area contributed by atoms with Gasteiger partial charge in [-0.3, -0.25) is 10.1 Å². The fourth-order valence-corrected chi connectivity index (χ4v) is 10.0. The molecule has 0 bridgehead atoms. The standard InChI is InChI=1S/C20H17Cl2NO5S.C20H19Cl2NO3S/c21-11-16(12-22)28-18-9-3-7-15(20(18)23(24)25)13-29(26,27)19-10-4-6-14-5-1-2-8-17(14)19;21-11-16(12-22)26-18-9-3-7-15(20(18)23)13-27(24,25)19-10-4-6-14-5-1-2-8-17(14)19/h1-10,16H,11-13H2;1-10,16H,11-13,23H2. The van der Waals surface area contributed by atoms with Gasteiger partial charge in [0.1, 0.15) is 18.0 Å². The van der Waals surface area contributed by atoms with Crippen molar-refractivity contribution in [2.45, 2.75) is 33.5 Å². The Labute approximate surface area is 345 Å². The van der Waals surface area contributed by atoms with E-state index in [-0.39, 0.29) is 56.1 Å². The minimum absolute atomic E-state index is 0.0309. The second-order valence-corrected chi connectivity index (χ2v) is 17.6. The molecule has 10 nitrogen and oxygen atoms in total. The van der Waals surface area contributed by atoms with Crippen LogP contribution in [-0.4, -0.2) is 57.5 Å². The number of nitro groups is 1. The molecule has 0 amide bonds. The van der Waals surface area contributed by atoms with Gasteiger partial charge in [0, 0.05) is 16.3 Å². The monoisotopic (exact) mass is 876 g/mol. The number of nitrogens with two attached hydrogens (primary N) is 1. The molecule has 0 aliphatic rings. The van der Waals surface area contributed by atoms with Crippen molar-refractivity contribution < 1.29 is 31.2 Å². The summed E-state index contributed by atoms with van der Waals surface area (Å²) in [7, 11) is -7.47. The van der Waals surface area contributed by atoms with Crippen LogP contribution in [0.3, 0.4) is 0 Å². The summed E-state index contributed by atoms with van der Waals surface area (Å²) in [5.41, 5.74) is 6.54. The zero-order valence-electron chi connectivity index (χ0n) is 29.6. The molecule has 0 aromatic heterocycles. The molecule has 6 aromatic carbocycles. The molecule has 0 aliphatic heterocycles. The third kappa shape index (κ3) is 10.2. The van der Waals surface area contributed by atoms with E-state index in [2.05, 4.69) is 0 Å². The van der Waals surface area contributed by atoms with E-state index in [0.717, 1.165) is 10.8 Å². The molecule has 0 saturated heterocycles. The van der Waals surface area contributed by atoms with Gasteiger partial charge in [-0.2, -0.15) is 0 Å². The number of fused-ring (bicyclic) bond motifs is 2. The topological polar surface area (TPSA) is 156 Å². The van der Waals surface area contributed by atoms with Crippen molar-refractivity contribution in [1.29, 1.82) is 0 Å². The van der Waals surface area contributed by atoms with Crippen LogP contribution in [0.15, 0.2) is 131 Å². The average Bonchev–Trinajstić information content (AvgIpc) is 3.19. The van der Waals surface area contributed by atoms with E-state index in [1.165, 1.54) is 24.3 Å². The van der Waals surface area contributed by atoms with Gasteiger partial charge in [0.2, 0.25) is 0 Å². The van der Waals surface area contributed by atoms with Crippen LogP contribution in [0.2, 0.25) is 0 Å². The van der Waals surface area contributed by atoms with E-state index < -0.39 is 48.2 Å². The number of para-hydroxylation sites is 2. The van der Waals surface area contributed by atoms with E-state index in [9.17, 15) is 26.9 Å². The van der Waals surface area contributed by atoms with Crippen LogP contribution in [-0.2, 0) is 31.2 Å². The van der Waals surface area contributed by atoms with Gasteiger partial charge in [-0.25, -0.2) is 16.8 Å². The molecule has 0 atom stereocenters. The molecule has 2 N–H and O–H groups in total. The highest BCUT2D eigenvalue weighted by molar-refractivity contribution is 7.91.